The van der Waals surface area contributed by atoms with Gasteiger partial charge in [0.25, 0.3) is 0 Å². The number of hydrogen-bond donors (Lipinski definition) is 1. The summed E-state index contributed by atoms with van der Waals surface area (Å²) in [7, 11) is 0. The van der Waals surface area contributed by atoms with E-state index in [0.717, 1.165) is 9.84 Å². The highest BCUT2D eigenvalue weighted by Crippen LogP contribution is 2.20. The van der Waals surface area contributed by atoms with E-state index in [-0.39, 0.29) is 6.61 Å². The van der Waals surface area contributed by atoms with Gasteiger partial charge in [0.15, 0.2) is 4.96 Å². The number of aliphatic hydroxyl groups is 1. The molecule has 0 unspecified atom stereocenters. The molecule has 2 rings (SSSR count). The number of halogens is 1. The van der Waals surface area contributed by atoms with Gasteiger partial charge in [-0.25, -0.2) is 4.98 Å². The highest BCUT2D eigenvalue weighted by atomic mass is 35.5. The molecular formula is C6H5ClN2OS. The number of imidazole rings is 1. The van der Waals surface area contributed by atoms with Crippen LogP contribution in [0.15, 0.2) is 12.4 Å². The zero-order valence-corrected chi connectivity index (χ0v) is 7.06. The van der Waals surface area contributed by atoms with Crippen molar-refractivity contribution in [1.29, 1.82) is 0 Å². The normalized spacial score (nSPS) is 11.1. The van der Waals surface area contributed by atoms with E-state index in [2.05, 4.69) is 4.98 Å². The number of rotatable bonds is 1. The maximum Gasteiger partial charge on any atom is 0.195 e. The fourth-order valence-electron chi connectivity index (χ4n) is 0.877. The Morgan fingerprint density at radius 3 is 3.18 bits per heavy atom. The molecule has 0 aliphatic rings. The van der Waals surface area contributed by atoms with Crippen molar-refractivity contribution in [3.63, 3.8) is 0 Å². The zero-order chi connectivity index (χ0) is 7.84. The molecule has 0 aromatic carbocycles. The monoisotopic (exact) mass is 188 g/mol. The average Bonchev–Trinajstić information content (AvgIpc) is 2.53. The largest absolute Gasteiger partial charge is 0.391 e. The van der Waals surface area contributed by atoms with Crippen LogP contribution in [0.25, 0.3) is 4.96 Å². The molecule has 0 bridgehead atoms. The van der Waals surface area contributed by atoms with Gasteiger partial charge in [0.05, 0.1) is 17.7 Å². The van der Waals surface area contributed by atoms with Crippen molar-refractivity contribution in [3.8, 4) is 0 Å². The van der Waals surface area contributed by atoms with Crippen molar-refractivity contribution >= 4 is 27.9 Å². The fourth-order valence-corrected chi connectivity index (χ4v) is 1.92. The quantitative estimate of drug-likeness (QED) is 0.737. The van der Waals surface area contributed by atoms with Crippen molar-refractivity contribution < 1.29 is 5.11 Å². The second kappa shape index (κ2) is 2.48. The highest BCUT2D eigenvalue weighted by molar-refractivity contribution is 7.17. The third kappa shape index (κ3) is 1.03. The minimum Gasteiger partial charge on any atom is -0.391 e. The van der Waals surface area contributed by atoms with Gasteiger partial charge in [-0.2, -0.15) is 0 Å². The predicted molar refractivity (Wildman–Crippen MR) is 44.0 cm³/mol. The van der Waals surface area contributed by atoms with Crippen LogP contribution in [-0.4, -0.2) is 14.5 Å². The number of hydrogen-bond acceptors (Lipinski definition) is 3. The van der Waals surface area contributed by atoms with Gasteiger partial charge in [0, 0.05) is 6.20 Å². The summed E-state index contributed by atoms with van der Waals surface area (Å²) in [5.74, 6) is 0. The van der Waals surface area contributed by atoms with Crippen LogP contribution in [-0.2, 0) is 6.61 Å². The first-order chi connectivity index (χ1) is 5.31. The zero-order valence-electron chi connectivity index (χ0n) is 5.49. The smallest absolute Gasteiger partial charge is 0.195 e. The third-order valence-electron chi connectivity index (χ3n) is 1.37. The molecule has 0 amide bonds. The van der Waals surface area contributed by atoms with Gasteiger partial charge >= 0.3 is 0 Å². The molecule has 0 saturated carbocycles. The standard InChI is InChI=1S/C6H5ClN2OS/c7-5-1-8-6-9(5)2-4(3-10)11-6/h1-2,10H,3H2. The molecule has 0 atom stereocenters. The van der Waals surface area contributed by atoms with Crippen LogP contribution in [0.3, 0.4) is 0 Å². The SMILES string of the molecule is OCc1cn2c(Cl)cnc2s1. The lowest BCUT2D eigenvalue weighted by Crippen LogP contribution is -1.76. The van der Waals surface area contributed by atoms with Crippen LogP contribution in [0.5, 0.6) is 0 Å². The van der Waals surface area contributed by atoms with Crippen molar-refractivity contribution in [2.45, 2.75) is 6.61 Å². The van der Waals surface area contributed by atoms with E-state index >= 15 is 0 Å². The van der Waals surface area contributed by atoms with Crippen LogP contribution in [0.2, 0.25) is 5.15 Å². The molecule has 0 radical (unpaired) electrons. The molecular weight excluding hydrogens is 184 g/mol. The predicted octanol–water partition coefficient (Wildman–Crippen LogP) is 1.54. The summed E-state index contributed by atoms with van der Waals surface area (Å²) in [5, 5.41) is 9.35. The molecule has 0 aliphatic carbocycles. The molecule has 0 fully saturated rings. The Morgan fingerprint density at radius 1 is 1.73 bits per heavy atom. The first-order valence-electron chi connectivity index (χ1n) is 3.03. The Hall–Kier alpha value is -0.580. The number of thiazole rings is 1. The number of aromatic nitrogens is 2. The molecule has 5 heteroatoms. The maximum atomic E-state index is 8.77. The molecule has 0 saturated heterocycles. The Balaban J connectivity index is 2.70. The van der Waals surface area contributed by atoms with E-state index < -0.39 is 0 Å². The molecule has 2 aromatic heterocycles. The van der Waals surface area contributed by atoms with Crippen LogP contribution in [0, 0.1) is 0 Å². The summed E-state index contributed by atoms with van der Waals surface area (Å²) in [6, 6.07) is 0. The molecule has 0 aliphatic heterocycles. The number of fused-ring (bicyclic) bond motifs is 1. The first kappa shape index (κ1) is 7.09. The molecule has 11 heavy (non-hydrogen) atoms. The lowest BCUT2D eigenvalue weighted by Gasteiger charge is -1.82. The average molecular weight is 189 g/mol. The Bertz CT molecular complexity index is 381. The molecule has 2 heterocycles. The van der Waals surface area contributed by atoms with Gasteiger partial charge in [-0.15, -0.1) is 0 Å². The van der Waals surface area contributed by atoms with Gasteiger partial charge in [0.2, 0.25) is 0 Å². The fraction of sp³-hybridized carbons (Fsp3) is 0.167. The van der Waals surface area contributed by atoms with E-state index in [1.54, 1.807) is 16.8 Å². The number of aliphatic hydroxyl groups excluding tert-OH is 1. The highest BCUT2D eigenvalue weighted by Gasteiger charge is 2.04. The Morgan fingerprint density at radius 2 is 2.55 bits per heavy atom. The summed E-state index contributed by atoms with van der Waals surface area (Å²) in [4.78, 5) is 5.71. The lowest BCUT2D eigenvalue weighted by molar-refractivity contribution is 0.285. The van der Waals surface area contributed by atoms with E-state index in [1.807, 2.05) is 0 Å². The Labute approximate surface area is 71.9 Å². The summed E-state index contributed by atoms with van der Waals surface area (Å²) in [6.45, 7) is 0.0460. The summed E-state index contributed by atoms with van der Waals surface area (Å²) in [5.41, 5.74) is 0. The lowest BCUT2D eigenvalue weighted by atomic mass is 10.6. The summed E-state index contributed by atoms with van der Waals surface area (Å²) < 4.78 is 1.75. The minimum atomic E-state index is 0.0460. The first-order valence-corrected chi connectivity index (χ1v) is 4.23. The topological polar surface area (TPSA) is 37.5 Å². The molecule has 0 spiro atoms. The van der Waals surface area contributed by atoms with E-state index in [4.69, 9.17) is 16.7 Å². The van der Waals surface area contributed by atoms with E-state index in [1.165, 1.54) is 11.3 Å². The van der Waals surface area contributed by atoms with Gasteiger partial charge in [-0.3, -0.25) is 4.40 Å². The number of nitrogens with zero attached hydrogens (tertiary/aromatic N) is 2. The van der Waals surface area contributed by atoms with Crippen LogP contribution >= 0.6 is 22.9 Å². The van der Waals surface area contributed by atoms with Gasteiger partial charge in [-0.05, 0) is 0 Å². The second-order valence-corrected chi connectivity index (χ2v) is 3.57. The van der Waals surface area contributed by atoms with Gasteiger partial charge in [-0.1, -0.05) is 22.9 Å². The van der Waals surface area contributed by atoms with Crippen molar-refractivity contribution in [1.82, 2.24) is 9.38 Å². The van der Waals surface area contributed by atoms with E-state index in [9.17, 15) is 0 Å². The Kier molecular flexibility index (Phi) is 1.60. The van der Waals surface area contributed by atoms with Crippen molar-refractivity contribution in [3.05, 3.63) is 22.4 Å². The van der Waals surface area contributed by atoms with Crippen LogP contribution in [0.4, 0.5) is 0 Å². The van der Waals surface area contributed by atoms with E-state index in [0.29, 0.717) is 5.15 Å². The summed E-state index contributed by atoms with van der Waals surface area (Å²) in [6.07, 6.45) is 3.38. The van der Waals surface area contributed by atoms with Gasteiger partial charge < -0.3 is 5.11 Å². The second-order valence-electron chi connectivity index (χ2n) is 2.09. The van der Waals surface area contributed by atoms with Crippen molar-refractivity contribution in [2.24, 2.45) is 0 Å². The third-order valence-corrected chi connectivity index (χ3v) is 2.63. The molecule has 58 valence electrons. The molecule has 3 nitrogen and oxygen atoms in total. The maximum absolute atomic E-state index is 8.77. The van der Waals surface area contributed by atoms with Crippen LogP contribution in [0.1, 0.15) is 4.88 Å². The minimum absolute atomic E-state index is 0.0460. The van der Waals surface area contributed by atoms with Gasteiger partial charge in [0.1, 0.15) is 5.15 Å². The summed E-state index contributed by atoms with van der Waals surface area (Å²) >= 11 is 7.20. The molecule has 2 aromatic rings. The molecule has 1 N–H and O–H groups in total. The van der Waals surface area contributed by atoms with Crippen LogP contribution < -0.4 is 0 Å². The van der Waals surface area contributed by atoms with Crippen molar-refractivity contribution in [2.75, 3.05) is 0 Å².